The molecule has 17 heavy (non-hydrogen) atoms. The molecule has 0 bridgehead atoms. The summed E-state index contributed by atoms with van der Waals surface area (Å²) in [5.74, 6) is -1.05. The third-order valence-corrected chi connectivity index (χ3v) is 3.11. The molecule has 0 aromatic heterocycles. The zero-order valence-electron chi connectivity index (χ0n) is 10.3. The summed E-state index contributed by atoms with van der Waals surface area (Å²) in [5, 5.41) is 0. The quantitative estimate of drug-likeness (QED) is 0.737. The molecule has 0 saturated carbocycles. The molecule has 0 saturated heterocycles. The van der Waals surface area contributed by atoms with Crippen LogP contribution in [0.4, 0.5) is 8.78 Å². The van der Waals surface area contributed by atoms with Gasteiger partial charge in [-0.3, -0.25) is 4.79 Å². The predicted octanol–water partition coefficient (Wildman–Crippen LogP) is 3.90. The second-order valence-electron chi connectivity index (χ2n) is 4.30. The Balaban J connectivity index is 2.68. The highest BCUT2D eigenvalue weighted by molar-refractivity contribution is 5.81. The molecule has 0 N–H and O–H groups in total. The molecule has 94 valence electrons. The van der Waals surface area contributed by atoms with E-state index in [2.05, 4.69) is 0 Å². The van der Waals surface area contributed by atoms with Gasteiger partial charge in [-0.05, 0) is 18.1 Å². The van der Waals surface area contributed by atoms with Gasteiger partial charge in [0, 0.05) is 18.4 Å². The lowest BCUT2D eigenvalue weighted by Crippen LogP contribution is -2.11. The Hall–Kier alpha value is -1.25. The average Bonchev–Trinajstić information content (AvgIpc) is 2.31. The van der Waals surface area contributed by atoms with E-state index in [0.717, 1.165) is 12.8 Å². The molecule has 1 aromatic rings. The van der Waals surface area contributed by atoms with E-state index in [0.29, 0.717) is 12.3 Å². The van der Waals surface area contributed by atoms with Crippen LogP contribution in [0.5, 0.6) is 0 Å². The number of carbonyl (C=O) groups is 1. The van der Waals surface area contributed by atoms with Crippen molar-refractivity contribution in [2.45, 2.75) is 39.5 Å². The lowest BCUT2D eigenvalue weighted by Gasteiger charge is -2.11. The minimum Gasteiger partial charge on any atom is -0.299 e. The number of Topliss-reactive ketones (excluding diaryl/α,β-unsaturated/α-hetero) is 1. The van der Waals surface area contributed by atoms with E-state index < -0.39 is 11.6 Å². The average molecular weight is 240 g/mol. The normalized spacial score (nSPS) is 10.9. The van der Waals surface area contributed by atoms with Crippen LogP contribution < -0.4 is 0 Å². The van der Waals surface area contributed by atoms with Gasteiger partial charge in [0.1, 0.15) is 17.4 Å². The van der Waals surface area contributed by atoms with E-state index in [1.807, 2.05) is 13.8 Å². The van der Waals surface area contributed by atoms with Crippen molar-refractivity contribution in [1.29, 1.82) is 0 Å². The van der Waals surface area contributed by atoms with Crippen molar-refractivity contribution < 1.29 is 13.6 Å². The standard InChI is InChI=1S/C14H18F2O/c1-3-10(4-2)8-11(17)9-12-13(15)6-5-7-14(12)16/h5-7,10H,3-4,8-9H2,1-2H3. The number of benzene rings is 1. The molecule has 0 aliphatic rings. The molecule has 0 aliphatic carbocycles. The smallest absolute Gasteiger partial charge is 0.137 e. The predicted molar refractivity (Wildman–Crippen MR) is 63.8 cm³/mol. The number of hydrogen-bond donors (Lipinski definition) is 0. The van der Waals surface area contributed by atoms with E-state index in [9.17, 15) is 13.6 Å². The lowest BCUT2D eigenvalue weighted by molar-refractivity contribution is -0.119. The maximum atomic E-state index is 13.3. The van der Waals surface area contributed by atoms with Crippen molar-refractivity contribution in [2.75, 3.05) is 0 Å². The maximum absolute atomic E-state index is 13.3. The second-order valence-corrected chi connectivity index (χ2v) is 4.30. The van der Waals surface area contributed by atoms with E-state index in [1.54, 1.807) is 0 Å². The zero-order valence-corrected chi connectivity index (χ0v) is 10.3. The molecule has 3 heteroatoms. The van der Waals surface area contributed by atoms with Gasteiger partial charge in [0.15, 0.2) is 0 Å². The molecule has 0 fully saturated rings. The molecule has 0 amide bonds. The molecule has 0 atom stereocenters. The van der Waals surface area contributed by atoms with Crippen LogP contribution in [-0.4, -0.2) is 5.78 Å². The van der Waals surface area contributed by atoms with Gasteiger partial charge in [0.05, 0.1) is 0 Å². The molecule has 1 aromatic carbocycles. The summed E-state index contributed by atoms with van der Waals surface area (Å²) < 4.78 is 26.6. The summed E-state index contributed by atoms with van der Waals surface area (Å²) in [6.45, 7) is 4.04. The molecular weight excluding hydrogens is 222 g/mol. The monoisotopic (exact) mass is 240 g/mol. The number of ketones is 1. The van der Waals surface area contributed by atoms with Crippen LogP contribution in [0.25, 0.3) is 0 Å². The van der Waals surface area contributed by atoms with E-state index >= 15 is 0 Å². The SMILES string of the molecule is CCC(CC)CC(=O)Cc1c(F)cccc1F. The highest BCUT2D eigenvalue weighted by Crippen LogP contribution is 2.17. The molecular formula is C14H18F2O. The van der Waals surface area contributed by atoms with Gasteiger partial charge in [0.25, 0.3) is 0 Å². The van der Waals surface area contributed by atoms with Crippen molar-refractivity contribution in [1.82, 2.24) is 0 Å². The van der Waals surface area contributed by atoms with Gasteiger partial charge in [-0.1, -0.05) is 32.8 Å². The molecule has 0 spiro atoms. The Morgan fingerprint density at radius 2 is 1.71 bits per heavy atom. The first-order chi connectivity index (χ1) is 8.08. The van der Waals surface area contributed by atoms with Crippen LogP contribution >= 0.6 is 0 Å². The van der Waals surface area contributed by atoms with E-state index in [1.165, 1.54) is 18.2 Å². The van der Waals surface area contributed by atoms with Crippen molar-refractivity contribution >= 4 is 5.78 Å². The highest BCUT2D eigenvalue weighted by Gasteiger charge is 2.15. The number of hydrogen-bond acceptors (Lipinski definition) is 1. The molecule has 1 rings (SSSR count). The molecule has 0 radical (unpaired) electrons. The Morgan fingerprint density at radius 3 is 2.18 bits per heavy atom. The highest BCUT2D eigenvalue weighted by atomic mass is 19.1. The maximum Gasteiger partial charge on any atom is 0.137 e. The summed E-state index contributed by atoms with van der Waals surface area (Å²) in [5.41, 5.74) is -0.108. The summed E-state index contributed by atoms with van der Waals surface area (Å²) in [6, 6.07) is 3.67. The first-order valence-electron chi connectivity index (χ1n) is 6.03. The lowest BCUT2D eigenvalue weighted by atomic mass is 9.94. The minimum absolute atomic E-state index is 0.0947. The number of rotatable bonds is 6. The Kier molecular flexibility index (Phi) is 5.26. The minimum atomic E-state index is -0.636. The molecule has 0 heterocycles. The molecule has 0 aliphatic heterocycles. The topological polar surface area (TPSA) is 17.1 Å². The summed E-state index contributed by atoms with van der Waals surface area (Å²) in [6.07, 6.45) is 2.10. The van der Waals surface area contributed by atoms with Gasteiger partial charge in [-0.25, -0.2) is 8.78 Å². The van der Waals surface area contributed by atoms with Gasteiger partial charge >= 0.3 is 0 Å². The van der Waals surface area contributed by atoms with Gasteiger partial charge in [-0.15, -0.1) is 0 Å². The third kappa shape index (κ3) is 3.91. The fourth-order valence-electron chi connectivity index (χ4n) is 1.87. The fourth-order valence-corrected chi connectivity index (χ4v) is 1.87. The summed E-state index contributed by atoms with van der Waals surface area (Å²) in [4.78, 5) is 11.7. The van der Waals surface area contributed by atoms with Crippen LogP contribution in [-0.2, 0) is 11.2 Å². The van der Waals surface area contributed by atoms with Crippen LogP contribution in [0.1, 0.15) is 38.7 Å². The van der Waals surface area contributed by atoms with Crippen LogP contribution in [0.3, 0.4) is 0 Å². The van der Waals surface area contributed by atoms with Gasteiger partial charge in [0.2, 0.25) is 0 Å². The molecule has 1 nitrogen and oxygen atoms in total. The zero-order chi connectivity index (χ0) is 12.8. The first kappa shape index (κ1) is 13.8. The van der Waals surface area contributed by atoms with Crippen LogP contribution in [0.2, 0.25) is 0 Å². The Bertz CT molecular complexity index is 364. The summed E-state index contributed by atoms with van der Waals surface area (Å²) in [7, 11) is 0. The Morgan fingerprint density at radius 1 is 1.18 bits per heavy atom. The van der Waals surface area contributed by atoms with E-state index in [-0.39, 0.29) is 17.8 Å². The second kappa shape index (κ2) is 6.48. The Labute approximate surface area is 101 Å². The van der Waals surface area contributed by atoms with Crippen LogP contribution in [0.15, 0.2) is 18.2 Å². The fraction of sp³-hybridized carbons (Fsp3) is 0.500. The van der Waals surface area contributed by atoms with Crippen molar-refractivity contribution in [3.05, 3.63) is 35.4 Å². The van der Waals surface area contributed by atoms with E-state index in [4.69, 9.17) is 0 Å². The van der Waals surface area contributed by atoms with Gasteiger partial charge in [-0.2, -0.15) is 0 Å². The largest absolute Gasteiger partial charge is 0.299 e. The van der Waals surface area contributed by atoms with Crippen molar-refractivity contribution in [2.24, 2.45) is 5.92 Å². The summed E-state index contributed by atoms with van der Waals surface area (Å²) >= 11 is 0. The first-order valence-corrected chi connectivity index (χ1v) is 6.03. The number of carbonyl (C=O) groups excluding carboxylic acids is 1. The number of halogens is 2. The van der Waals surface area contributed by atoms with Gasteiger partial charge < -0.3 is 0 Å². The third-order valence-electron chi connectivity index (χ3n) is 3.11. The van der Waals surface area contributed by atoms with Crippen molar-refractivity contribution in [3.63, 3.8) is 0 Å². The molecule has 0 unspecified atom stereocenters. The van der Waals surface area contributed by atoms with Crippen LogP contribution in [0, 0.1) is 17.6 Å². The van der Waals surface area contributed by atoms with Crippen molar-refractivity contribution in [3.8, 4) is 0 Å².